The molecule has 1 heterocycles. The second-order valence-electron chi connectivity index (χ2n) is 3.16. The van der Waals surface area contributed by atoms with Crippen LogP contribution in [0.1, 0.15) is 11.3 Å². The third kappa shape index (κ3) is 1.18. The van der Waals surface area contributed by atoms with E-state index in [0.29, 0.717) is 9.86 Å². The molecule has 2 rings (SSSR count). The topological polar surface area (TPSA) is 15.8 Å². The van der Waals surface area contributed by atoms with Gasteiger partial charge in [-0.2, -0.15) is 0 Å². The fourth-order valence-corrected chi connectivity index (χ4v) is 1.84. The summed E-state index contributed by atoms with van der Waals surface area (Å²) in [5, 5.41) is 0.687. The Balaban J connectivity index is 2.97. The average Bonchev–Trinajstić information content (AvgIpc) is 2.37. The Morgan fingerprint density at radius 2 is 2.00 bits per heavy atom. The van der Waals surface area contributed by atoms with Gasteiger partial charge in [0, 0.05) is 16.6 Å². The second kappa shape index (κ2) is 2.84. The molecule has 0 bridgehead atoms. The first kappa shape index (κ1) is 8.75. The van der Waals surface area contributed by atoms with Crippen molar-refractivity contribution in [2.75, 3.05) is 0 Å². The molecule has 0 amide bonds. The number of fused-ring (bicyclic) bond motifs is 1. The molecule has 1 nitrogen and oxygen atoms in total. The third-order valence-corrected chi connectivity index (χ3v) is 2.97. The number of halogens is 2. The molecule has 0 aliphatic heterocycles. The molecule has 1 N–H and O–H groups in total. The van der Waals surface area contributed by atoms with Crippen LogP contribution in [-0.2, 0) is 0 Å². The SMILES string of the molecule is Cc1[nH]c2ccc(Br)c(F)c2c1C. The molecule has 0 aliphatic carbocycles. The highest BCUT2D eigenvalue weighted by Gasteiger charge is 2.10. The van der Waals surface area contributed by atoms with E-state index in [4.69, 9.17) is 0 Å². The lowest BCUT2D eigenvalue weighted by Crippen LogP contribution is -1.80. The molecule has 0 radical (unpaired) electrons. The number of aryl methyl sites for hydroxylation is 2. The summed E-state index contributed by atoms with van der Waals surface area (Å²) in [6.45, 7) is 3.87. The van der Waals surface area contributed by atoms with Crippen molar-refractivity contribution < 1.29 is 4.39 Å². The van der Waals surface area contributed by atoms with Crippen LogP contribution >= 0.6 is 15.9 Å². The van der Waals surface area contributed by atoms with Crippen molar-refractivity contribution in [1.82, 2.24) is 4.98 Å². The van der Waals surface area contributed by atoms with Crippen molar-refractivity contribution in [3.63, 3.8) is 0 Å². The zero-order valence-corrected chi connectivity index (χ0v) is 9.00. The Morgan fingerprint density at radius 3 is 2.69 bits per heavy atom. The highest BCUT2D eigenvalue weighted by atomic mass is 79.9. The van der Waals surface area contributed by atoms with Crippen molar-refractivity contribution in [2.45, 2.75) is 13.8 Å². The highest BCUT2D eigenvalue weighted by molar-refractivity contribution is 9.10. The number of nitrogens with one attached hydrogen (secondary N) is 1. The van der Waals surface area contributed by atoms with Gasteiger partial charge in [0.2, 0.25) is 0 Å². The third-order valence-electron chi connectivity index (χ3n) is 2.35. The minimum absolute atomic E-state index is 0.181. The number of aromatic nitrogens is 1. The summed E-state index contributed by atoms with van der Waals surface area (Å²) in [4.78, 5) is 3.13. The van der Waals surface area contributed by atoms with Gasteiger partial charge < -0.3 is 4.98 Å². The van der Waals surface area contributed by atoms with E-state index in [-0.39, 0.29) is 5.82 Å². The molecule has 13 heavy (non-hydrogen) atoms. The van der Waals surface area contributed by atoms with Crippen LogP contribution in [0.4, 0.5) is 4.39 Å². The van der Waals surface area contributed by atoms with Gasteiger partial charge in [-0.15, -0.1) is 0 Å². The number of hydrogen-bond acceptors (Lipinski definition) is 0. The molecule has 0 atom stereocenters. The van der Waals surface area contributed by atoms with Gasteiger partial charge in [0.15, 0.2) is 0 Å². The maximum Gasteiger partial charge on any atom is 0.147 e. The quantitative estimate of drug-likeness (QED) is 0.725. The predicted molar refractivity (Wildman–Crippen MR) is 55.4 cm³/mol. The summed E-state index contributed by atoms with van der Waals surface area (Å²) < 4.78 is 14.1. The fourth-order valence-electron chi connectivity index (χ4n) is 1.50. The lowest BCUT2D eigenvalue weighted by molar-refractivity contribution is 0.633. The number of rotatable bonds is 0. The van der Waals surface area contributed by atoms with Gasteiger partial charge >= 0.3 is 0 Å². The van der Waals surface area contributed by atoms with E-state index in [1.165, 1.54) is 0 Å². The van der Waals surface area contributed by atoms with Crippen molar-refractivity contribution in [3.8, 4) is 0 Å². The minimum atomic E-state index is -0.181. The molecule has 3 heteroatoms. The van der Waals surface area contributed by atoms with E-state index < -0.39 is 0 Å². The van der Waals surface area contributed by atoms with Crippen LogP contribution in [0.15, 0.2) is 16.6 Å². The number of benzene rings is 1. The monoisotopic (exact) mass is 241 g/mol. The molecule has 0 saturated carbocycles. The first-order chi connectivity index (χ1) is 6.11. The maximum atomic E-state index is 13.6. The van der Waals surface area contributed by atoms with E-state index in [1.807, 2.05) is 19.9 Å². The summed E-state index contributed by atoms with van der Waals surface area (Å²) in [6.07, 6.45) is 0. The zero-order valence-electron chi connectivity index (χ0n) is 7.41. The van der Waals surface area contributed by atoms with Gasteiger partial charge in [-0.25, -0.2) is 4.39 Å². The van der Waals surface area contributed by atoms with Gasteiger partial charge in [0.05, 0.1) is 4.47 Å². The zero-order chi connectivity index (χ0) is 9.59. The Morgan fingerprint density at radius 1 is 1.31 bits per heavy atom. The summed E-state index contributed by atoms with van der Waals surface area (Å²) in [7, 11) is 0. The molecule has 0 aliphatic rings. The number of hydrogen-bond donors (Lipinski definition) is 1. The predicted octanol–water partition coefficient (Wildman–Crippen LogP) is 3.69. The van der Waals surface area contributed by atoms with Gasteiger partial charge in [0.25, 0.3) is 0 Å². The molecule has 68 valence electrons. The van der Waals surface area contributed by atoms with Gasteiger partial charge in [-0.3, -0.25) is 0 Å². The van der Waals surface area contributed by atoms with Crippen molar-refractivity contribution >= 4 is 26.8 Å². The second-order valence-corrected chi connectivity index (χ2v) is 4.01. The van der Waals surface area contributed by atoms with Crippen LogP contribution in [0.2, 0.25) is 0 Å². The highest BCUT2D eigenvalue weighted by Crippen LogP contribution is 2.28. The van der Waals surface area contributed by atoms with Crippen LogP contribution < -0.4 is 0 Å². The van der Waals surface area contributed by atoms with E-state index in [1.54, 1.807) is 6.07 Å². The van der Waals surface area contributed by atoms with Crippen LogP contribution in [0.3, 0.4) is 0 Å². The Hall–Kier alpha value is -0.830. The summed E-state index contributed by atoms with van der Waals surface area (Å²) >= 11 is 3.17. The Bertz CT molecular complexity index is 473. The van der Waals surface area contributed by atoms with Gasteiger partial charge in [0.1, 0.15) is 5.82 Å². The van der Waals surface area contributed by atoms with Crippen molar-refractivity contribution in [3.05, 3.63) is 33.7 Å². The van der Waals surface area contributed by atoms with Crippen molar-refractivity contribution in [2.24, 2.45) is 0 Å². The molecule has 0 unspecified atom stereocenters. The molecular weight excluding hydrogens is 233 g/mol. The number of aromatic amines is 1. The molecule has 0 spiro atoms. The molecular formula is C10H9BrFN. The van der Waals surface area contributed by atoms with Crippen LogP contribution in [0, 0.1) is 19.7 Å². The van der Waals surface area contributed by atoms with E-state index in [9.17, 15) is 4.39 Å². The number of H-pyrrole nitrogens is 1. The molecule has 1 aromatic heterocycles. The van der Waals surface area contributed by atoms with Crippen LogP contribution in [0.25, 0.3) is 10.9 Å². The van der Waals surface area contributed by atoms with E-state index in [2.05, 4.69) is 20.9 Å². The van der Waals surface area contributed by atoms with Crippen molar-refractivity contribution in [1.29, 1.82) is 0 Å². The fraction of sp³-hybridized carbons (Fsp3) is 0.200. The molecule has 1 aromatic carbocycles. The summed E-state index contributed by atoms with van der Waals surface area (Å²) in [6, 6.07) is 3.59. The standard InChI is InChI=1S/C10H9BrFN/c1-5-6(2)13-8-4-3-7(11)10(12)9(5)8/h3-4,13H,1-2H3. The molecule has 0 fully saturated rings. The largest absolute Gasteiger partial charge is 0.358 e. The van der Waals surface area contributed by atoms with E-state index in [0.717, 1.165) is 16.8 Å². The molecule has 0 saturated heterocycles. The Kier molecular flexibility index (Phi) is 1.91. The van der Waals surface area contributed by atoms with E-state index >= 15 is 0 Å². The summed E-state index contributed by atoms with van der Waals surface area (Å²) in [5.74, 6) is -0.181. The lowest BCUT2D eigenvalue weighted by Gasteiger charge is -1.96. The van der Waals surface area contributed by atoms with Crippen LogP contribution in [0.5, 0.6) is 0 Å². The first-order valence-electron chi connectivity index (χ1n) is 4.04. The summed E-state index contributed by atoms with van der Waals surface area (Å²) in [5.41, 5.74) is 2.86. The minimum Gasteiger partial charge on any atom is -0.358 e. The maximum absolute atomic E-state index is 13.6. The molecule has 2 aromatic rings. The average molecular weight is 242 g/mol. The lowest BCUT2D eigenvalue weighted by atomic mass is 10.1. The van der Waals surface area contributed by atoms with Crippen LogP contribution in [-0.4, -0.2) is 4.98 Å². The first-order valence-corrected chi connectivity index (χ1v) is 4.83. The van der Waals surface area contributed by atoms with Gasteiger partial charge in [-0.05, 0) is 47.5 Å². The Labute approximate surface area is 84.1 Å². The normalized spacial score (nSPS) is 11.1. The smallest absolute Gasteiger partial charge is 0.147 e. The van der Waals surface area contributed by atoms with Gasteiger partial charge in [-0.1, -0.05) is 0 Å².